The lowest BCUT2D eigenvalue weighted by Crippen LogP contribution is -2.17. The summed E-state index contributed by atoms with van der Waals surface area (Å²) in [5, 5.41) is 2.82. The molecule has 0 aliphatic rings. The lowest BCUT2D eigenvalue weighted by Gasteiger charge is -2.06. The minimum atomic E-state index is -0.320. The van der Waals surface area contributed by atoms with Crippen LogP contribution in [-0.2, 0) is 9.53 Å². The van der Waals surface area contributed by atoms with Crippen LogP contribution in [0.25, 0.3) is 0 Å². The lowest BCUT2D eigenvalue weighted by molar-refractivity contribution is -0.140. The number of nitrogens with one attached hydrogen (secondary N) is 1. The molecule has 0 bridgehead atoms. The number of ether oxygens (including phenoxy) is 2. The number of hydrogen-bond donors (Lipinski definition) is 1. The molecule has 1 N–H and O–H groups in total. The van der Waals surface area contributed by atoms with Gasteiger partial charge in [-0.15, -0.1) is 0 Å². The Hall–Kier alpha value is -1.85. The highest BCUT2D eigenvalue weighted by Gasteiger charge is 2.03. The summed E-state index contributed by atoms with van der Waals surface area (Å²) in [6, 6.07) is 1.63. The predicted octanol–water partition coefficient (Wildman–Crippen LogP) is 0.850. The molecule has 88 valence electrons. The van der Waals surface area contributed by atoms with Crippen LogP contribution in [-0.4, -0.2) is 35.7 Å². The van der Waals surface area contributed by atoms with E-state index in [0.717, 1.165) is 0 Å². The van der Waals surface area contributed by atoms with Gasteiger partial charge in [0.1, 0.15) is 18.7 Å². The number of nitrogens with zero attached hydrogens (tertiary/aromatic N) is 2. The highest BCUT2D eigenvalue weighted by atomic mass is 16.5. The van der Waals surface area contributed by atoms with Crippen molar-refractivity contribution in [2.24, 2.45) is 0 Å². The maximum Gasteiger partial charge on any atom is 0.325 e. The van der Waals surface area contributed by atoms with E-state index in [9.17, 15) is 4.79 Å². The second kappa shape index (κ2) is 6.60. The Morgan fingerprint density at radius 2 is 2.19 bits per heavy atom. The third-order valence-corrected chi connectivity index (χ3v) is 1.65. The molecule has 0 fully saturated rings. The van der Waals surface area contributed by atoms with Crippen LogP contribution in [0, 0.1) is 0 Å². The fourth-order valence-electron chi connectivity index (χ4n) is 1.04. The minimum absolute atomic E-state index is 0.0798. The fraction of sp³-hybridized carbons (Fsp3) is 0.500. The average molecular weight is 225 g/mol. The maximum atomic E-state index is 11.1. The summed E-state index contributed by atoms with van der Waals surface area (Å²) in [4.78, 5) is 18.9. The first-order valence-electron chi connectivity index (χ1n) is 5.10. The van der Waals surface area contributed by atoms with E-state index in [1.807, 2.05) is 6.92 Å². The molecule has 0 aliphatic heterocycles. The molecule has 0 aromatic carbocycles. The van der Waals surface area contributed by atoms with Crippen molar-refractivity contribution in [1.82, 2.24) is 9.97 Å². The largest absolute Gasteiger partial charge is 0.478 e. The summed E-state index contributed by atoms with van der Waals surface area (Å²) < 4.78 is 9.96. The zero-order valence-corrected chi connectivity index (χ0v) is 9.40. The molecule has 0 saturated carbocycles. The number of hydrogen-bond acceptors (Lipinski definition) is 6. The molecular weight excluding hydrogens is 210 g/mol. The van der Waals surface area contributed by atoms with Crippen LogP contribution < -0.4 is 10.1 Å². The molecule has 1 heterocycles. The van der Waals surface area contributed by atoms with E-state index in [1.54, 1.807) is 13.0 Å². The van der Waals surface area contributed by atoms with Crippen molar-refractivity contribution in [1.29, 1.82) is 0 Å². The SMILES string of the molecule is CCOC(=O)CNc1cc(OCC)ncn1. The first-order chi connectivity index (χ1) is 7.76. The summed E-state index contributed by atoms with van der Waals surface area (Å²) in [6.45, 7) is 4.61. The number of esters is 1. The highest BCUT2D eigenvalue weighted by molar-refractivity contribution is 5.74. The van der Waals surface area contributed by atoms with Crippen molar-refractivity contribution in [2.75, 3.05) is 25.1 Å². The van der Waals surface area contributed by atoms with Crippen molar-refractivity contribution in [3.8, 4) is 5.88 Å². The van der Waals surface area contributed by atoms with Gasteiger partial charge >= 0.3 is 5.97 Å². The second-order valence-electron chi connectivity index (χ2n) is 2.83. The number of aromatic nitrogens is 2. The first kappa shape index (κ1) is 12.2. The Morgan fingerprint density at radius 3 is 2.88 bits per heavy atom. The van der Waals surface area contributed by atoms with Crippen molar-refractivity contribution in [3.63, 3.8) is 0 Å². The molecule has 1 aromatic rings. The molecule has 1 aromatic heterocycles. The molecule has 0 spiro atoms. The van der Waals surface area contributed by atoms with Gasteiger partial charge in [-0.05, 0) is 13.8 Å². The van der Waals surface area contributed by atoms with Gasteiger partial charge in [-0.2, -0.15) is 0 Å². The molecule has 0 radical (unpaired) electrons. The number of anilines is 1. The Morgan fingerprint density at radius 1 is 1.38 bits per heavy atom. The summed E-state index contributed by atoms with van der Waals surface area (Å²) in [7, 11) is 0. The van der Waals surface area contributed by atoms with Crippen LogP contribution >= 0.6 is 0 Å². The van der Waals surface area contributed by atoms with E-state index in [4.69, 9.17) is 9.47 Å². The van der Waals surface area contributed by atoms with E-state index in [0.29, 0.717) is 24.9 Å². The number of carbonyl (C=O) groups is 1. The smallest absolute Gasteiger partial charge is 0.325 e. The molecule has 0 atom stereocenters. The zero-order valence-electron chi connectivity index (χ0n) is 9.40. The molecule has 6 heteroatoms. The predicted molar refractivity (Wildman–Crippen MR) is 58.3 cm³/mol. The summed E-state index contributed by atoms with van der Waals surface area (Å²) in [5.74, 6) is 0.689. The fourth-order valence-corrected chi connectivity index (χ4v) is 1.04. The molecule has 0 amide bonds. The molecule has 1 rings (SSSR count). The summed E-state index contributed by atoms with van der Waals surface area (Å²) in [6.07, 6.45) is 1.37. The lowest BCUT2D eigenvalue weighted by atomic mass is 10.5. The molecule has 16 heavy (non-hydrogen) atoms. The van der Waals surface area contributed by atoms with Gasteiger partial charge < -0.3 is 14.8 Å². The van der Waals surface area contributed by atoms with E-state index in [1.165, 1.54) is 6.33 Å². The minimum Gasteiger partial charge on any atom is -0.478 e. The van der Waals surface area contributed by atoms with E-state index in [2.05, 4.69) is 15.3 Å². The van der Waals surface area contributed by atoms with Crippen LogP contribution in [0.15, 0.2) is 12.4 Å². The van der Waals surface area contributed by atoms with Gasteiger partial charge in [0.2, 0.25) is 5.88 Å². The van der Waals surface area contributed by atoms with Gasteiger partial charge in [0.15, 0.2) is 0 Å². The van der Waals surface area contributed by atoms with E-state index >= 15 is 0 Å². The normalized spacial score (nSPS) is 9.62. The Balaban J connectivity index is 2.47. The highest BCUT2D eigenvalue weighted by Crippen LogP contribution is 2.10. The third kappa shape index (κ3) is 4.12. The number of carbonyl (C=O) groups excluding carboxylic acids is 1. The Kier molecular flexibility index (Phi) is 5.04. The molecular formula is C10H15N3O3. The second-order valence-corrected chi connectivity index (χ2v) is 2.83. The van der Waals surface area contributed by atoms with Gasteiger partial charge in [0, 0.05) is 6.07 Å². The van der Waals surface area contributed by atoms with Crippen LogP contribution in [0.5, 0.6) is 5.88 Å². The monoisotopic (exact) mass is 225 g/mol. The van der Waals surface area contributed by atoms with Gasteiger partial charge in [-0.3, -0.25) is 4.79 Å². The third-order valence-electron chi connectivity index (χ3n) is 1.65. The molecule has 6 nitrogen and oxygen atoms in total. The van der Waals surface area contributed by atoms with Gasteiger partial charge in [0.25, 0.3) is 0 Å². The Bertz CT molecular complexity index is 344. The molecule has 0 saturated heterocycles. The molecule has 0 aliphatic carbocycles. The van der Waals surface area contributed by atoms with E-state index in [-0.39, 0.29) is 12.5 Å². The van der Waals surface area contributed by atoms with Crippen LogP contribution in [0.1, 0.15) is 13.8 Å². The van der Waals surface area contributed by atoms with Crippen LogP contribution in [0.2, 0.25) is 0 Å². The van der Waals surface area contributed by atoms with E-state index < -0.39 is 0 Å². The first-order valence-corrected chi connectivity index (χ1v) is 5.10. The average Bonchev–Trinajstić information content (AvgIpc) is 2.28. The number of rotatable bonds is 6. The topological polar surface area (TPSA) is 73.3 Å². The van der Waals surface area contributed by atoms with Crippen molar-refractivity contribution >= 4 is 11.8 Å². The van der Waals surface area contributed by atoms with Crippen LogP contribution in [0.3, 0.4) is 0 Å². The van der Waals surface area contributed by atoms with Gasteiger partial charge in [-0.25, -0.2) is 9.97 Å². The van der Waals surface area contributed by atoms with Gasteiger partial charge in [-0.1, -0.05) is 0 Å². The maximum absolute atomic E-state index is 11.1. The zero-order chi connectivity index (χ0) is 11.8. The van der Waals surface area contributed by atoms with Gasteiger partial charge in [0.05, 0.1) is 13.2 Å². The summed E-state index contributed by atoms with van der Waals surface area (Å²) >= 11 is 0. The van der Waals surface area contributed by atoms with Crippen molar-refractivity contribution < 1.29 is 14.3 Å². The summed E-state index contributed by atoms with van der Waals surface area (Å²) in [5.41, 5.74) is 0. The van der Waals surface area contributed by atoms with Crippen molar-refractivity contribution in [3.05, 3.63) is 12.4 Å². The quantitative estimate of drug-likeness (QED) is 0.723. The molecule has 0 unspecified atom stereocenters. The Labute approximate surface area is 94.0 Å². The standard InChI is InChI=1S/C10H15N3O3/c1-3-15-9-5-8(12-7-13-9)11-6-10(14)16-4-2/h5,7H,3-4,6H2,1-2H3,(H,11,12,13). The van der Waals surface area contributed by atoms with Crippen molar-refractivity contribution in [2.45, 2.75) is 13.8 Å². The van der Waals surface area contributed by atoms with Crippen LogP contribution in [0.4, 0.5) is 5.82 Å².